The number of rotatable bonds is 10. The molecule has 10 nitrogen and oxygen atoms in total. The van der Waals surface area contributed by atoms with Crippen molar-refractivity contribution in [1.82, 2.24) is 10.2 Å². The van der Waals surface area contributed by atoms with Gasteiger partial charge in [-0.1, -0.05) is 24.3 Å². The highest BCUT2D eigenvalue weighted by Gasteiger charge is 2.17. The highest BCUT2D eigenvalue weighted by molar-refractivity contribution is 6.05. The van der Waals surface area contributed by atoms with Crippen LogP contribution >= 0.6 is 0 Å². The average Bonchev–Trinajstić information content (AvgIpc) is 2.85. The first-order valence-corrected chi connectivity index (χ1v) is 11.5. The highest BCUT2D eigenvalue weighted by atomic mass is 16.6. The fourth-order valence-electron chi connectivity index (χ4n) is 3.60. The van der Waals surface area contributed by atoms with Gasteiger partial charge >= 0.3 is 6.03 Å². The Bertz CT molecular complexity index is 1200. The van der Waals surface area contributed by atoms with Crippen LogP contribution in [0.15, 0.2) is 72.8 Å². The van der Waals surface area contributed by atoms with E-state index in [-0.39, 0.29) is 17.6 Å². The Hall–Kier alpha value is -4.44. The summed E-state index contributed by atoms with van der Waals surface area (Å²) in [5.74, 6) is -0.285. The lowest BCUT2D eigenvalue weighted by atomic mass is 10.00. The van der Waals surface area contributed by atoms with E-state index in [2.05, 4.69) is 20.9 Å². The van der Waals surface area contributed by atoms with E-state index in [9.17, 15) is 19.7 Å². The molecule has 0 saturated heterocycles. The molecule has 3 rings (SSSR count). The van der Waals surface area contributed by atoms with Gasteiger partial charge in [-0.2, -0.15) is 0 Å². The van der Waals surface area contributed by atoms with E-state index in [0.29, 0.717) is 29.0 Å². The van der Waals surface area contributed by atoms with Gasteiger partial charge in [0, 0.05) is 23.4 Å². The number of nitrogens with one attached hydrogen (secondary N) is 3. The minimum Gasteiger partial charge on any atom is -0.397 e. The predicted molar refractivity (Wildman–Crippen MR) is 141 cm³/mol. The second-order valence-electron chi connectivity index (χ2n) is 8.56. The third kappa shape index (κ3) is 7.54. The van der Waals surface area contributed by atoms with Crippen molar-refractivity contribution < 1.29 is 14.5 Å². The number of anilines is 3. The summed E-state index contributed by atoms with van der Waals surface area (Å²) in [6, 6.07) is 19.0. The molecule has 0 fully saturated rings. The summed E-state index contributed by atoms with van der Waals surface area (Å²) in [6.45, 7) is 0.848. The van der Waals surface area contributed by atoms with Crippen molar-refractivity contribution >= 4 is 34.7 Å². The van der Waals surface area contributed by atoms with Gasteiger partial charge < -0.3 is 26.6 Å². The molecular weight excluding hydrogens is 460 g/mol. The highest BCUT2D eigenvalue weighted by Crippen LogP contribution is 2.22. The summed E-state index contributed by atoms with van der Waals surface area (Å²) in [5.41, 5.74) is 8.63. The van der Waals surface area contributed by atoms with Gasteiger partial charge in [-0.15, -0.1) is 0 Å². The number of hydrogen-bond donors (Lipinski definition) is 4. The molecule has 0 radical (unpaired) electrons. The number of carbonyl (C=O) groups is 2. The average molecular weight is 491 g/mol. The van der Waals surface area contributed by atoms with Crippen LogP contribution in [0, 0.1) is 10.1 Å². The fraction of sp³-hybridized carbons (Fsp3) is 0.231. The first-order chi connectivity index (χ1) is 17.2. The Morgan fingerprint density at radius 1 is 0.972 bits per heavy atom. The second-order valence-corrected chi connectivity index (χ2v) is 8.56. The van der Waals surface area contributed by atoms with E-state index in [4.69, 9.17) is 5.73 Å². The van der Waals surface area contributed by atoms with E-state index in [1.807, 2.05) is 26.2 Å². The summed E-state index contributed by atoms with van der Waals surface area (Å²) in [5, 5.41) is 19.3. The predicted octanol–water partition coefficient (Wildman–Crippen LogP) is 4.63. The molecule has 3 aromatic rings. The van der Waals surface area contributed by atoms with Crippen LogP contribution in [0.3, 0.4) is 0 Å². The number of hydrogen-bond acceptors (Lipinski definition) is 6. The Morgan fingerprint density at radius 2 is 1.64 bits per heavy atom. The number of urea groups is 1. The van der Waals surface area contributed by atoms with Crippen LogP contribution in [0.2, 0.25) is 0 Å². The van der Waals surface area contributed by atoms with Crippen molar-refractivity contribution in [3.63, 3.8) is 0 Å². The molecule has 188 valence electrons. The summed E-state index contributed by atoms with van der Waals surface area (Å²) >= 11 is 0. The Kier molecular flexibility index (Phi) is 8.95. The zero-order chi connectivity index (χ0) is 26.1. The van der Waals surface area contributed by atoms with Crippen molar-refractivity contribution in [2.75, 3.05) is 37.0 Å². The standard InChI is InChI=1S/C26H30N6O4/c1-31(2)17-5-8-23(30-26(34)28-20-13-15-21(16-14-20)32(35)36)18-9-11-19(12-10-18)25(33)29-24-7-4-3-6-22(24)27/h3-4,6-7,9-16,23H,5,8,17,27H2,1-2H3,(H,29,33)(H2,28,30,34). The summed E-state index contributed by atoms with van der Waals surface area (Å²) < 4.78 is 0. The molecule has 3 aromatic carbocycles. The molecular formula is C26H30N6O4. The number of nitrogen functional groups attached to an aromatic ring is 1. The molecule has 0 aromatic heterocycles. The summed E-state index contributed by atoms with van der Waals surface area (Å²) in [7, 11) is 3.97. The Balaban J connectivity index is 1.69. The van der Waals surface area contributed by atoms with Crippen molar-refractivity contribution in [2.24, 2.45) is 0 Å². The van der Waals surface area contributed by atoms with Gasteiger partial charge in [0.05, 0.1) is 22.3 Å². The van der Waals surface area contributed by atoms with Gasteiger partial charge in [0.2, 0.25) is 0 Å². The van der Waals surface area contributed by atoms with Gasteiger partial charge in [-0.3, -0.25) is 14.9 Å². The first kappa shape index (κ1) is 26.2. The maximum Gasteiger partial charge on any atom is 0.319 e. The van der Waals surface area contributed by atoms with E-state index >= 15 is 0 Å². The van der Waals surface area contributed by atoms with Crippen LogP contribution < -0.4 is 21.7 Å². The van der Waals surface area contributed by atoms with E-state index < -0.39 is 11.0 Å². The monoisotopic (exact) mass is 490 g/mol. The second kappa shape index (κ2) is 12.3. The number of nitrogens with zero attached hydrogens (tertiary/aromatic N) is 2. The van der Waals surface area contributed by atoms with Gasteiger partial charge in [0.15, 0.2) is 0 Å². The lowest BCUT2D eigenvalue weighted by Gasteiger charge is -2.21. The van der Waals surface area contributed by atoms with Crippen LogP contribution in [-0.2, 0) is 0 Å². The minimum absolute atomic E-state index is 0.0541. The van der Waals surface area contributed by atoms with Crippen molar-refractivity contribution in [2.45, 2.75) is 18.9 Å². The fourth-order valence-corrected chi connectivity index (χ4v) is 3.60. The van der Waals surface area contributed by atoms with E-state index in [1.54, 1.807) is 36.4 Å². The molecule has 0 bridgehead atoms. The molecule has 1 unspecified atom stereocenters. The zero-order valence-corrected chi connectivity index (χ0v) is 20.2. The van der Waals surface area contributed by atoms with Gasteiger partial charge in [0.25, 0.3) is 11.6 Å². The van der Waals surface area contributed by atoms with Gasteiger partial charge in [-0.25, -0.2) is 4.79 Å². The number of nitro groups is 1. The van der Waals surface area contributed by atoms with E-state index in [1.165, 1.54) is 24.3 Å². The Labute approximate surface area is 209 Å². The molecule has 0 aliphatic carbocycles. The van der Waals surface area contributed by atoms with Crippen LogP contribution in [0.1, 0.15) is 34.8 Å². The molecule has 10 heteroatoms. The molecule has 0 aliphatic rings. The molecule has 0 heterocycles. The largest absolute Gasteiger partial charge is 0.397 e. The first-order valence-electron chi connectivity index (χ1n) is 11.5. The molecule has 0 spiro atoms. The van der Waals surface area contributed by atoms with Crippen molar-refractivity contribution in [1.29, 1.82) is 0 Å². The normalized spacial score (nSPS) is 11.5. The molecule has 3 amide bonds. The van der Waals surface area contributed by atoms with Crippen LogP contribution in [-0.4, -0.2) is 42.4 Å². The maximum atomic E-state index is 12.7. The number of non-ortho nitro benzene ring substituents is 1. The number of carbonyl (C=O) groups excluding carboxylic acids is 2. The van der Waals surface area contributed by atoms with E-state index in [0.717, 1.165) is 18.5 Å². The molecule has 0 saturated carbocycles. The Morgan fingerprint density at radius 3 is 2.25 bits per heavy atom. The van der Waals surface area contributed by atoms with Gasteiger partial charge in [0.1, 0.15) is 0 Å². The lowest BCUT2D eigenvalue weighted by Crippen LogP contribution is -2.33. The minimum atomic E-state index is -0.497. The van der Waals surface area contributed by atoms with Crippen LogP contribution in [0.4, 0.5) is 27.5 Å². The number of para-hydroxylation sites is 2. The molecule has 1 atom stereocenters. The number of benzene rings is 3. The van der Waals surface area contributed by atoms with Crippen LogP contribution in [0.25, 0.3) is 0 Å². The van der Waals surface area contributed by atoms with Crippen molar-refractivity contribution in [3.05, 3.63) is 94.0 Å². The summed E-state index contributed by atoms with van der Waals surface area (Å²) in [4.78, 5) is 37.7. The zero-order valence-electron chi connectivity index (χ0n) is 20.2. The SMILES string of the molecule is CN(C)CCCC(NC(=O)Nc1ccc([N+](=O)[O-])cc1)c1ccc(C(=O)Nc2ccccc2N)cc1. The lowest BCUT2D eigenvalue weighted by molar-refractivity contribution is -0.384. The number of amides is 3. The molecule has 36 heavy (non-hydrogen) atoms. The third-order valence-corrected chi connectivity index (χ3v) is 5.52. The van der Waals surface area contributed by atoms with Crippen LogP contribution in [0.5, 0.6) is 0 Å². The maximum absolute atomic E-state index is 12.7. The topological polar surface area (TPSA) is 143 Å². The summed E-state index contributed by atoms with van der Waals surface area (Å²) in [6.07, 6.45) is 1.52. The number of nitro benzene ring substituents is 1. The number of nitrogens with two attached hydrogens (primary N) is 1. The van der Waals surface area contributed by atoms with Crippen molar-refractivity contribution in [3.8, 4) is 0 Å². The third-order valence-electron chi connectivity index (χ3n) is 5.52. The van der Waals surface area contributed by atoms with Gasteiger partial charge in [-0.05, 0) is 75.4 Å². The quantitative estimate of drug-likeness (QED) is 0.185. The smallest absolute Gasteiger partial charge is 0.319 e. The molecule has 5 N–H and O–H groups in total. The molecule has 0 aliphatic heterocycles.